The second kappa shape index (κ2) is 8.70. The van der Waals surface area contributed by atoms with Gasteiger partial charge in [0.05, 0.1) is 5.25 Å². The highest BCUT2D eigenvalue weighted by atomic mass is 32.2. The highest BCUT2D eigenvalue weighted by Gasteiger charge is 2.33. The summed E-state index contributed by atoms with van der Waals surface area (Å²) in [6, 6.07) is 11.2. The molecule has 0 aliphatic heterocycles. The molecule has 0 bridgehead atoms. The topological polar surface area (TPSA) is 29.1 Å². The van der Waals surface area contributed by atoms with Crippen molar-refractivity contribution in [1.82, 2.24) is 5.32 Å². The summed E-state index contributed by atoms with van der Waals surface area (Å²) < 4.78 is 12.7. The largest absolute Gasteiger partial charge is 0.316 e. The second-order valence-electron chi connectivity index (χ2n) is 6.15. The number of nitrogens with one attached hydrogen (secondary N) is 1. The smallest absolute Gasteiger partial charge is 0.0506 e. The zero-order valence-corrected chi connectivity index (χ0v) is 14.2. The third-order valence-electron chi connectivity index (χ3n) is 4.72. The van der Waals surface area contributed by atoms with Gasteiger partial charge in [-0.2, -0.15) is 0 Å². The summed E-state index contributed by atoms with van der Waals surface area (Å²) in [7, 11) is 1.32. The Morgan fingerprint density at radius 2 is 1.95 bits per heavy atom. The van der Waals surface area contributed by atoms with Gasteiger partial charge in [-0.3, -0.25) is 4.21 Å². The summed E-state index contributed by atoms with van der Waals surface area (Å²) >= 11 is 0. The van der Waals surface area contributed by atoms with Gasteiger partial charge in [-0.25, -0.2) is 0 Å². The molecule has 0 saturated heterocycles. The summed E-state index contributed by atoms with van der Waals surface area (Å²) in [5.41, 5.74) is 1.42. The molecule has 2 rings (SSSR count). The average molecular weight is 308 g/mol. The van der Waals surface area contributed by atoms with E-state index in [2.05, 4.69) is 42.6 Å². The molecule has 118 valence electrons. The Morgan fingerprint density at radius 1 is 1.19 bits per heavy atom. The molecule has 3 heteroatoms. The molecule has 1 saturated carbocycles. The van der Waals surface area contributed by atoms with Crippen LogP contribution in [0.15, 0.2) is 30.3 Å². The monoisotopic (exact) mass is 307 g/mol. The molecule has 4 atom stereocenters. The Balaban J connectivity index is 2.00. The molecular formula is C18H29NOS. The van der Waals surface area contributed by atoms with Crippen molar-refractivity contribution >= 4 is 10.8 Å². The molecule has 4 unspecified atom stereocenters. The van der Waals surface area contributed by atoms with Crippen molar-refractivity contribution in [3.63, 3.8) is 0 Å². The van der Waals surface area contributed by atoms with E-state index in [9.17, 15) is 4.21 Å². The lowest BCUT2D eigenvalue weighted by atomic mass is 9.81. The quantitative estimate of drug-likeness (QED) is 0.775. The molecule has 1 aromatic carbocycles. The van der Waals surface area contributed by atoms with Crippen molar-refractivity contribution in [3.05, 3.63) is 35.9 Å². The zero-order chi connectivity index (χ0) is 15.1. The van der Waals surface area contributed by atoms with Crippen LogP contribution in [0.2, 0.25) is 0 Å². The molecule has 0 amide bonds. The average Bonchev–Trinajstić information content (AvgIpc) is 2.55. The normalized spacial score (nSPS) is 27.4. The van der Waals surface area contributed by atoms with Crippen molar-refractivity contribution < 1.29 is 4.21 Å². The molecule has 0 heterocycles. The van der Waals surface area contributed by atoms with Gasteiger partial charge in [-0.1, -0.05) is 50.1 Å². The first-order valence-electron chi connectivity index (χ1n) is 8.35. The number of unbranched alkanes of at least 4 members (excludes halogenated alkanes) is 2. The summed E-state index contributed by atoms with van der Waals surface area (Å²) in [6.07, 6.45) is 6.91. The van der Waals surface area contributed by atoms with Gasteiger partial charge < -0.3 is 5.32 Å². The van der Waals surface area contributed by atoms with Crippen molar-refractivity contribution in [3.8, 4) is 0 Å². The number of benzene rings is 1. The van der Waals surface area contributed by atoms with E-state index < -0.39 is 10.8 Å². The summed E-state index contributed by atoms with van der Waals surface area (Å²) in [6.45, 7) is 2.20. The zero-order valence-electron chi connectivity index (χ0n) is 13.4. The van der Waals surface area contributed by atoms with E-state index in [-0.39, 0.29) is 0 Å². The highest BCUT2D eigenvalue weighted by Crippen LogP contribution is 2.35. The van der Waals surface area contributed by atoms with E-state index >= 15 is 0 Å². The first-order chi connectivity index (χ1) is 10.3. The highest BCUT2D eigenvalue weighted by molar-refractivity contribution is 7.85. The lowest BCUT2D eigenvalue weighted by molar-refractivity contribution is 0.363. The number of rotatable bonds is 7. The summed E-state index contributed by atoms with van der Waals surface area (Å²) in [5, 5.41) is 3.72. The van der Waals surface area contributed by atoms with Gasteiger partial charge in [-0.15, -0.1) is 0 Å². The minimum atomic E-state index is -0.695. The fraction of sp³-hybridized carbons (Fsp3) is 0.667. The van der Waals surface area contributed by atoms with Gasteiger partial charge in [0.1, 0.15) is 0 Å². The van der Waals surface area contributed by atoms with Crippen LogP contribution in [0.25, 0.3) is 0 Å². The first-order valence-corrected chi connectivity index (χ1v) is 9.73. The molecule has 21 heavy (non-hydrogen) atoms. The summed E-state index contributed by atoms with van der Waals surface area (Å²) in [4.78, 5) is 0. The molecule has 1 aliphatic carbocycles. The van der Waals surface area contributed by atoms with Crippen LogP contribution < -0.4 is 5.32 Å². The molecule has 1 N–H and O–H groups in total. The van der Waals surface area contributed by atoms with E-state index in [4.69, 9.17) is 0 Å². The molecule has 0 spiro atoms. The fourth-order valence-corrected chi connectivity index (χ4v) is 5.30. The lowest BCUT2D eigenvalue weighted by Gasteiger charge is -2.35. The SMILES string of the molecule is CCCCCS(=O)C1CC(c2ccccc2)CCC1NC. The Hall–Kier alpha value is -0.670. The van der Waals surface area contributed by atoms with Crippen LogP contribution in [0, 0.1) is 0 Å². The Labute approximate surface area is 132 Å². The van der Waals surface area contributed by atoms with Crippen LogP contribution >= 0.6 is 0 Å². The minimum Gasteiger partial charge on any atom is -0.316 e. The predicted octanol–water partition coefficient (Wildman–Crippen LogP) is 3.85. The Morgan fingerprint density at radius 3 is 2.62 bits per heavy atom. The predicted molar refractivity (Wildman–Crippen MR) is 92.2 cm³/mol. The van der Waals surface area contributed by atoms with Crippen molar-refractivity contribution in [2.45, 2.75) is 62.7 Å². The second-order valence-corrected chi connectivity index (χ2v) is 7.92. The maximum atomic E-state index is 12.7. The van der Waals surface area contributed by atoms with Crippen molar-refractivity contribution in [2.24, 2.45) is 0 Å². The molecule has 1 fully saturated rings. The molecular weight excluding hydrogens is 278 g/mol. The van der Waals surface area contributed by atoms with Gasteiger partial charge in [-0.05, 0) is 44.2 Å². The molecule has 0 aromatic heterocycles. The number of hydrogen-bond donors (Lipinski definition) is 1. The van der Waals surface area contributed by atoms with Gasteiger partial charge in [0.2, 0.25) is 0 Å². The maximum absolute atomic E-state index is 12.7. The third-order valence-corrected chi connectivity index (χ3v) is 6.61. The molecule has 0 radical (unpaired) electrons. The molecule has 2 nitrogen and oxygen atoms in total. The fourth-order valence-electron chi connectivity index (χ4n) is 3.42. The lowest BCUT2D eigenvalue weighted by Crippen LogP contribution is -2.45. The van der Waals surface area contributed by atoms with E-state index in [0.717, 1.165) is 25.0 Å². The van der Waals surface area contributed by atoms with E-state index in [1.807, 2.05) is 7.05 Å². The van der Waals surface area contributed by atoms with Gasteiger partial charge in [0, 0.05) is 22.6 Å². The van der Waals surface area contributed by atoms with Gasteiger partial charge in [0.25, 0.3) is 0 Å². The van der Waals surface area contributed by atoms with Crippen LogP contribution in [0.3, 0.4) is 0 Å². The van der Waals surface area contributed by atoms with Crippen molar-refractivity contribution in [1.29, 1.82) is 0 Å². The van der Waals surface area contributed by atoms with Crippen LogP contribution in [0.5, 0.6) is 0 Å². The Kier molecular flexibility index (Phi) is 6.91. The van der Waals surface area contributed by atoms with Crippen LogP contribution in [-0.4, -0.2) is 28.3 Å². The standard InChI is InChI=1S/C18H29NOS/c1-3-4-8-13-21(20)18-14-16(11-12-17(18)19-2)15-9-6-5-7-10-15/h5-7,9-10,16-19H,3-4,8,11-14H2,1-2H3. The van der Waals surface area contributed by atoms with E-state index in [0.29, 0.717) is 17.2 Å². The van der Waals surface area contributed by atoms with Gasteiger partial charge >= 0.3 is 0 Å². The van der Waals surface area contributed by atoms with Crippen LogP contribution in [0.1, 0.15) is 56.9 Å². The van der Waals surface area contributed by atoms with Crippen molar-refractivity contribution in [2.75, 3.05) is 12.8 Å². The Bertz CT molecular complexity index is 434. The number of hydrogen-bond acceptors (Lipinski definition) is 2. The minimum absolute atomic E-state index is 0.311. The van der Waals surface area contributed by atoms with E-state index in [1.165, 1.54) is 24.8 Å². The molecule has 1 aromatic rings. The molecule has 1 aliphatic rings. The van der Waals surface area contributed by atoms with E-state index in [1.54, 1.807) is 0 Å². The first kappa shape index (κ1) is 16.7. The van der Waals surface area contributed by atoms with Gasteiger partial charge in [0.15, 0.2) is 0 Å². The maximum Gasteiger partial charge on any atom is 0.0506 e. The van der Waals surface area contributed by atoms with Crippen LogP contribution in [-0.2, 0) is 10.8 Å². The van der Waals surface area contributed by atoms with Crippen LogP contribution in [0.4, 0.5) is 0 Å². The third kappa shape index (κ3) is 4.65. The summed E-state index contributed by atoms with van der Waals surface area (Å²) in [5.74, 6) is 1.45.